The largest absolute Gasteiger partial charge is 0.461 e. The number of ether oxygens (including phenoxy) is 2. The average Bonchev–Trinajstić information content (AvgIpc) is 2.83. The molecule has 0 amide bonds. The fourth-order valence-corrected chi connectivity index (χ4v) is 4.51. The molecule has 1 aliphatic heterocycles. The van der Waals surface area contributed by atoms with Crippen molar-refractivity contribution >= 4 is 11.9 Å². The Labute approximate surface area is 143 Å². The van der Waals surface area contributed by atoms with Crippen LogP contribution in [0.25, 0.3) is 0 Å². The predicted molar refractivity (Wildman–Crippen MR) is 91.0 cm³/mol. The van der Waals surface area contributed by atoms with Gasteiger partial charge in [0.25, 0.3) is 0 Å². The van der Waals surface area contributed by atoms with Crippen molar-refractivity contribution in [3.63, 3.8) is 0 Å². The first-order valence-electron chi connectivity index (χ1n) is 8.71. The number of esters is 2. The van der Waals surface area contributed by atoms with E-state index in [4.69, 9.17) is 9.47 Å². The summed E-state index contributed by atoms with van der Waals surface area (Å²) in [4.78, 5) is 24.3. The van der Waals surface area contributed by atoms with Crippen LogP contribution in [0.2, 0.25) is 0 Å². The molecule has 0 N–H and O–H groups in total. The van der Waals surface area contributed by atoms with Crippen LogP contribution < -0.4 is 0 Å². The van der Waals surface area contributed by atoms with E-state index in [0.29, 0.717) is 5.57 Å². The number of carbonyl (C=O) groups excluding carboxylic acids is 2. The molecule has 4 nitrogen and oxygen atoms in total. The van der Waals surface area contributed by atoms with Crippen LogP contribution in [0.5, 0.6) is 0 Å². The van der Waals surface area contributed by atoms with Gasteiger partial charge in [0, 0.05) is 22.8 Å². The minimum atomic E-state index is -0.328. The molecular formula is C20H26O4. The lowest BCUT2D eigenvalue weighted by Gasteiger charge is -2.51. The number of allylic oxidation sites excluding steroid dienone is 2. The molecule has 2 fully saturated rings. The Balaban J connectivity index is 1.91. The van der Waals surface area contributed by atoms with E-state index in [1.54, 1.807) is 13.0 Å². The van der Waals surface area contributed by atoms with E-state index >= 15 is 0 Å². The third-order valence-corrected chi connectivity index (χ3v) is 6.27. The molecule has 0 radical (unpaired) electrons. The van der Waals surface area contributed by atoms with Crippen molar-refractivity contribution in [2.75, 3.05) is 0 Å². The fraction of sp³-hybridized carbons (Fsp3) is 0.600. The molecule has 1 heterocycles. The topological polar surface area (TPSA) is 52.6 Å². The van der Waals surface area contributed by atoms with Crippen LogP contribution in [0, 0.1) is 23.2 Å². The van der Waals surface area contributed by atoms with Crippen LogP contribution in [-0.4, -0.2) is 24.1 Å². The lowest BCUT2D eigenvalue weighted by Crippen LogP contribution is -2.53. The molecule has 130 valence electrons. The van der Waals surface area contributed by atoms with Crippen molar-refractivity contribution < 1.29 is 19.1 Å². The maximum atomic E-state index is 12.2. The molecule has 1 saturated carbocycles. The van der Waals surface area contributed by atoms with Crippen LogP contribution in [0.15, 0.2) is 36.0 Å². The van der Waals surface area contributed by atoms with Crippen LogP contribution >= 0.6 is 0 Å². The average molecular weight is 330 g/mol. The Morgan fingerprint density at radius 2 is 2.21 bits per heavy atom. The smallest absolute Gasteiger partial charge is 0.333 e. The third kappa shape index (κ3) is 2.43. The van der Waals surface area contributed by atoms with Gasteiger partial charge < -0.3 is 9.47 Å². The van der Waals surface area contributed by atoms with Crippen molar-refractivity contribution in [2.24, 2.45) is 23.2 Å². The highest BCUT2D eigenvalue weighted by Crippen LogP contribution is 2.56. The van der Waals surface area contributed by atoms with E-state index in [-0.39, 0.29) is 47.3 Å². The van der Waals surface area contributed by atoms with Gasteiger partial charge in [0.2, 0.25) is 0 Å². The summed E-state index contributed by atoms with van der Waals surface area (Å²) in [7, 11) is 0. The molecule has 0 aromatic carbocycles. The summed E-state index contributed by atoms with van der Waals surface area (Å²) in [6.07, 6.45) is 6.91. The predicted octanol–water partition coefficient (Wildman–Crippen LogP) is 3.58. The standard InChI is InChI=1S/C20H26O4/c1-6-11(2)18(21)23-15-8-7-12(3)16-17-14(9-10-20(15,16)5)13(4)19(22)24-17/h6-8,13-17H,3,9-10H2,1-2,4-5H3/b11-6-/t13-,14+,15+,16-,17+,20+/m1/s1. The van der Waals surface area contributed by atoms with Crippen LogP contribution in [-0.2, 0) is 19.1 Å². The van der Waals surface area contributed by atoms with Crippen molar-refractivity contribution in [2.45, 2.75) is 52.7 Å². The number of hydrogen-bond donors (Lipinski definition) is 0. The van der Waals surface area contributed by atoms with E-state index in [9.17, 15) is 9.59 Å². The molecule has 3 rings (SSSR count). The number of carbonyl (C=O) groups is 2. The van der Waals surface area contributed by atoms with Gasteiger partial charge in [-0.2, -0.15) is 0 Å². The highest BCUT2D eigenvalue weighted by atomic mass is 16.6. The summed E-state index contributed by atoms with van der Waals surface area (Å²) in [6, 6.07) is 0. The third-order valence-electron chi connectivity index (χ3n) is 6.27. The van der Waals surface area contributed by atoms with Gasteiger partial charge in [-0.1, -0.05) is 32.6 Å². The first-order valence-corrected chi connectivity index (χ1v) is 8.71. The minimum absolute atomic E-state index is 0.00105. The zero-order valence-corrected chi connectivity index (χ0v) is 14.9. The first-order chi connectivity index (χ1) is 11.3. The van der Waals surface area contributed by atoms with Gasteiger partial charge in [-0.05, 0) is 38.3 Å². The minimum Gasteiger partial charge on any atom is -0.461 e. The van der Waals surface area contributed by atoms with Gasteiger partial charge in [0.15, 0.2) is 0 Å². The summed E-state index contributed by atoms with van der Waals surface area (Å²) in [5.41, 5.74) is 1.27. The summed E-state index contributed by atoms with van der Waals surface area (Å²) in [5, 5.41) is 0. The van der Waals surface area contributed by atoms with E-state index in [1.165, 1.54) is 0 Å². The summed E-state index contributed by atoms with van der Waals surface area (Å²) < 4.78 is 11.5. The van der Waals surface area contributed by atoms with E-state index in [2.05, 4.69) is 13.5 Å². The molecule has 0 spiro atoms. The molecule has 3 aliphatic rings. The molecule has 0 aromatic heterocycles. The fourth-order valence-electron chi connectivity index (χ4n) is 4.51. The monoisotopic (exact) mass is 330 g/mol. The highest BCUT2D eigenvalue weighted by Gasteiger charge is 2.59. The molecular weight excluding hydrogens is 304 g/mol. The second-order valence-electron chi connectivity index (χ2n) is 7.61. The van der Waals surface area contributed by atoms with Crippen molar-refractivity contribution in [3.05, 3.63) is 36.0 Å². The zero-order valence-electron chi connectivity index (χ0n) is 14.9. The molecule has 4 heteroatoms. The summed E-state index contributed by atoms with van der Waals surface area (Å²) in [5.74, 6) is -0.246. The van der Waals surface area contributed by atoms with Crippen LogP contribution in [0.3, 0.4) is 0 Å². The Hall–Kier alpha value is -1.84. The van der Waals surface area contributed by atoms with Gasteiger partial charge in [-0.3, -0.25) is 4.79 Å². The zero-order chi connectivity index (χ0) is 17.6. The van der Waals surface area contributed by atoms with Crippen molar-refractivity contribution in [3.8, 4) is 0 Å². The second-order valence-corrected chi connectivity index (χ2v) is 7.61. The number of rotatable bonds is 2. The van der Waals surface area contributed by atoms with Crippen LogP contribution in [0.1, 0.15) is 40.5 Å². The molecule has 24 heavy (non-hydrogen) atoms. The van der Waals surface area contributed by atoms with Crippen molar-refractivity contribution in [1.29, 1.82) is 0 Å². The quantitative estimate of drug-likeness (QED) is 0.573. The van der Waals surface area contributed by atoms with Gasteiger partial charge in [0.1, 0.15) is 12.2 Å². The lowest BCUT2D eigenvalue weighted by molar-refractivity contribution is -0.160. The van der Waals surface area contributed by atoms with Crippen molar-refractivity contribution in [1.82, 2.24) is 0 Å². The van der Waals surface area contributed by atoms with Gasteiger partial charge in [0.05, 0.1) is 5.92 Å². The highest BCUT2D eigenvalue weighted by molar-refractivity contribution is 5.87. The maximum absolute atomic E-state index is 12.2. The summed E-state index contributed by atoms with van der Waals surface area (Å²) in [6.45, 7) is 11.8. The first kappa shape index (κ1) is 17.0. The maximum Gasteiger partial charge on any atom is 0.333 e. The second kappa shape index (κ2) is 5.91. The number of fused-ring (bicyclic) bond motifs is 3. The lowest BCUT2D eigenvalue weighted by atomic mass is 9.55. The van der Waals surface area contributed by atoms with E-state index < -0.39 is 0 Å². The summed E-state index contributed by atoms with van der Waals surface area (Å²) >= 11 is 0. The van der Waals surface area contributed by atoms with Gasteiger partial charge in [-0.15, -0.1) is 0 Å². The Kier molecular flexibility index (Phi) is 4.18. The number of hydrogen-bond acceptors (Lipinski definition) is 4. The van der Waals surface area contributed by atoms with E-state index in [1.807, 2.05) is 26.0 Å². The van der Waals surface area contributed by atoms with Crippen LogP contribution in [0.4, 0.5) is 0 Å². The Morgan fingerprint density at radius 1 is 1.50 bits per heavy atom. The molecule has 6 atom stereocenters. The molecule has 0 unspecified atom stereocenters. The normalized spacial score (nSPS) is 41.5. The Bertz CT molecular complexity index is 644. The molecule has 2 aliphatic carbocycles. The van der Waals surface area contributed by atoms with Gasteiger partial charge >= 0.3 is 11.9 Å². The van der Waals surface area contributed by atoms with E-state index in [0.717, 1.165) is 18.4 Å². The molecule has 1 saturated heterocycles. The molecule has 0 aromatic rings. The Morgan fingerprint density at radius 3 is 2.88 bits per heavy atom. The van der Waals surface area contributed by atoms with Gasteiger partial charge in [-0.25, -0.2) is 4.79 Å². The molecule has 0 bridgehead atoms. The SMILES string of the molecule is C=C1C=C[C@H](OC(=O)/C(C)=C\C)[C@]2(C)CC[C@@H]3[C@H](OC(=O)[C@@H]3C)[C@@H]12.